The van der Waals surface area contributed by atoms with Crippen LogP contribution in [0.25, 0.3) is 0 Å². The Morgan fingerprint density at radius 1 is 1.26 bits per heavy atom. The molecule has 3 fully saturated rings. The lowest BCUT2D eigenvalue weighted by Gasteiger charge is -2.39. The highest BCUT2D eigenvalue weighted by Crippen LogP contribution is 2.59. The first-order chi connectivity index (χ1) is 18.8. The third kappa shape index (κ3) is 5.54. The average molecular weight is 539 g/mol. The molecule has 6 atom stereocenters. The monoisotopic (exact) mass is 538 g/mol. The number of carbonyl (C=O) groups excluding carboxylic acids is 3. The van der Waals surface area contributed by atoms with Crippen LogP contribution in [0, 0.1) is 17.8 Å². The van der Waals surface area contributed by atoms with E-state index in [-0.39, 0.29) is 30.9 Å². The number of hydrogen-bond acceptors (Lipinski definition) is 6. The summed E-state index contributed by atoms with van der Waals surface area (Å²) >= 11 is 0. The molecule has 3 aliphatic heterocycles. The van der Waals surface area contributed by atoms with E-state index in [9.17, 15) is 19.5 Å². The van der Waals surface area contributed by atoms with Crippen LogP contribution in [0.2, 0.25) is 0 Å². The second-order valence-electron chi connectivity index (χ2n) is 11.4. The Bertz CT molecular complexity index is 1060. The summed E-state index contributed by atoms with van der Waals surface area (Å²) in [4.78, 5) is 45.2. The molecule has 1 spiro atoms. The molecule has 2 bridgehead atoms. The van der Waals surface area contributed by atoms with Crippen molar-refractivity contribution in [2.75, 3.05) is 19.8 Å². The highest BCUT2D eigenvalue weighted by molar-refractivity contribution is 5.98. The number of aliphatic hydroxyl groups is 1. The number of allylic oxidation sites excluding steroid dienone is 1. The number of aliphatic hydroxyl groups excluding tert-OH is 1. The van der Waals surface area contributed by atoms with Crippen molar-refractivity contribution in [2.45, 2.75) is 76.3 Å². The summed E-state index contributed by atoms with van der Waals surface area (Å²) in [6.07, 6.45) is 5.94. The van der Waals surface area contributed by atoms with Crippen LogP contribution in [0.3, 0.4) is 0 Å². The van der Waals surface area contributed by atoms with Crippen molar-refractivity contribution in [1.82, 2.24) is 9.80 Å². The highest BCUT2D eigenvalue weighted by atomic mass is 16.6. The Balaban J connectivity index is 1.71. The molecular weight excluding hydrogens is 496 g/mol. The van der Waals surface area contributed by atoms with Gasteiger partial charge in [-0.3, -0.25) is 14.4 Å². The second kappa shape index (κ2) is 12.5. The van der Waals surface area contributed by atoms with Crippen LogP contribution in [0.5, 0.6) is 0 Å². The van der Waals surface area contributed by atoms with Crippen LogP contribution in [-0.2, 0) is 30.4 Å². The van der Waals surface area contributed by atoms with E-state index in [0.29, 0.717) is 38.8 Å². The first-order valence-electron chi connectivity index (χ1n) is 14.1. The lowest BCUT2D eigenvalue weighted by molar-refractivity contribution is -0.157. The molecule has 3 saturated heterocycles. The van der Waals surface area contributed by atoms with E-state index in [0.717, 1.165) is 12.0 Å². The molecule has 4 rings (SSSR count). The molecule has 1 aromatic rings. The molecule has 2 amide bonds. The molecule has 0 aromatic heterocycles. The largest absolute Gasteiger partial charge is 0.465 e. The van der Waals surface area contributed by atoms with Crippen LogP contribution in [0.15, 0.2) is 55.6 Å². The minimum atomic E-state index is -1.13. The van der Waals surface area contributed by atoms with Crippen molar-refractivity contribution in [3.05, 3.63) is 61.2 Å². The molecule has 39 heavy (non-hydrogen) atoms. The zero-order chi connectivity index (χ0) is 28.2. The molecule has 1 N–H and O–H groups in total. The number of fused-ring (bicyclic) bond motifs is 1. The molecule has 3 aliphatic rings. The van der Waals surface area contributed by atoms with Crippen molar-refractivity contribution in [3.63, 3.8) is 0 Å². The van der Waals surface area contributed by atoms with Crippen molar-refractivity contribution in [1.29, 1.82) is 0 Å². The number of ether oxygens (including phenoxy) is 2. The quantitative estimate of drug-likeness (QED) is 0.221. The number of amides is 2. The smallest absolute Gasteiger partial charge is 0.312 e. The van der Waals surface area contributed by atoms with Crippen LogP contribution in [-0.4, -0.2) is 76.2 Å². The summed E-state index contributed by atoms with van der Waals surface area (Å²) < 4.78 is 12.1. The van der Waals surface area contributed by atoms with Gasteiger partial charge in [0.15, 0.2) is 0 Å². The van der Waals surface area contributed by atoms with E-state index in [1.165, 1.54) is 0 Å². The van der Waals surface area contributed by atoms with Gasteiger partial charge >= 0.3 is 5.97 Å². The number of benzene rings is 1. The topological polar surface area (TPSA) is 96.4 Å². The predicted octanol–water partition coefficient (Wildman–Crippen LogP) is 3.49. The van der Waals surface area contributed by atoms with Gasteiger partial charge < -0.3 is 24.4 Å². The van der Waals surface area contributed by atoms with Gasteiger partial charge in [0.25, 0.3) is 0 Å². The molecule has 1 aromatic carbocycles. The van der Waals surface area contributed by atoms with Gasteiger partial charge in [-0.2, -0.15) is 0 Å². The van der Waals surface area contributed by atoms with Gasteiger partial charge in [0.2, 0.25) is 11.8 Å². The van der Waals surface area contributed by atoms with E-state index in [4.69, 9.17) is 9.47 Å². The first kappa shape index (κ1) is 29.0. The molecule has 0 radical (unpaired) electrons. The van der Waals surface area contributed by atoms with Crippen LogP contribution in [0.4, 0.5) is 0 Å². The second-order valence-corrected chi connectivity index (χ2v) is 11.4. The van der Waals surface area contributed by atoms with Gasteiger partial charge in [-0.1, -0.05) is 56.3 Å². The summed E-state index contributed by atoms with van der Waals surface area (Å²) in [7, 11) is 0. The molecule has 2 unspecified atom stereocenters. The maximum absolute atomic E-state index is 14.4. The average Bonchev–Trinajstić information content (AvgIpc) is 3.57. The molecule has 8 nitrogen and oxygen atoms in total. The lowest BCUT2D eigenvalue weighted by atomic mass is 9.70. The summed E-state index contributed by atoms with van der Waals surface area (Å²) in [6, 6.07) is 8.15. The molecule has 8 heteroatoms. The number of likely N-dealkylation sites (tertiary alicyclic amines) is 1. The minimum absolute atomic E-state index is 0.181. The van der Waals surface area contributed by atoms with Crippen LogP contribution < -0.4 is 0 Å². The third-order valence-electron chi connectivity index (χ3n) is 8.27. The molecule has 0 aliphatic carbocycles. The summed E-state index contributed by atoms with van der Waals surface area (Å²) in [5.41, 5.74) is -0.180. The van der Waals surface area contributed by atoms with Crippen LogP contribution >= 0.6 is 0 Å². The van der Waals surface area contributed by atoms with E-state index < -0.39 is 41.6 Å². The van der Waals surface area contributed by atoms with Crippen molar-refractivity contribution < 1.29 is 29.0 Å². The molecule has 212 valence electrons. The van der Waals surface area contributed by atoms with E-state index in [2.05, 4.69) is 13.2 Å². The van der Waals surface area contributed by atoms with E-state index in [1.54, 1.807) is 22.0 Å². The number of esters is 1. The zero-order valence-corrected chi connectivity index (χ0v) is 23.2. The predicted molar refractivity (Wildman–Crippen MR) is 147 cm³/mol. The Morgan fingerprint density at radius 2 is 2.00 bits per heavy atom. The highest BCUT2D eigenvalue weighted by Gasteiger charge is 2.75. The van der Waals surface area contributed by atoms with Gasteiger partial charge in [-0.15, -0.1) is 13.2 Å². The Kier molecular flexibility index (Phi) is 9.28. The first-order valence-corrected chi connectivity index (χ1v) is 14.1. The number of rotatable bonds is 14. The fourth-order valence-electron chi connectivity index (χ4n) is 6.71. The van der Waals surface area contributed by atoms with Crippen molar-refractivity contribution in [2.24, 2.45) is 17.8 Å². The maximum Gasteiger partial charge on any atom is 0.312 e. The van der Waals surface area contributed by atoms with Gasteiger partial charge in [-0.05, 0) is 43.6 Å². The fraction of sp³-hybridized carbons (Fsp3) is 0.581. The normalized spacial score (nSPS) is 27.9. The van der Waals surface area contributed by atoms with E-state index >= 15 is 0 Å². The van der Waals surface area contributed by atoms with Gasteiger partial charge in [0, 0.05) is 13.1 Å². The van der Waals surface area contributed by atoms with E-state index in [1.807, 2.05) is 44.2 Å². The molecule has 3 heterocycles. The number of nitrogens with zero attached hydrogens (tertiary/aromatic N) is 2. The summed E-state index contributed by atoms with van der Waals surface area (Å²) in [6.45, 7) is 12.2. The number of unbranched alkanes of at least 4 members (excludes halogenated alkanes) is 1. The van der Waals surface area contributed by atoms with Gasteiger partial charge in [0.1, 0.15) is 11.6 Å². The summed E-state index contributed by atoms with van der Waals surface area (Å²) in [5.74, 6) is -2.41. The standard InChI is InChI=1S/C31H42N2O6/c1-5-7-11-17-38-30(37)25-24-14-15-31(39-24)26(25)28(35)33(23(20-34)18-21(3)4)27(31)29(36)32(16-6-2)19-22-12-9-8-10-13-22/h5-6,8-10,12-13,21,23-27,34H,1-2,7,11,14-20H2,3-4H3/t23-,24+,25-,26+,27?,31?/m1/s1. The lowest BCUT2D eigenvalue weighted by Crippen LogP contribution is -2.58. The Labute approximate surface area is 231 Å². The molecule has 0 saturated carbocycles. The fourth-order valence-corrected chi connectivity index (χ4v) is 6.71. The van der Waals surface area contributed by atoms with Gasteiger partial charge in [-0.25, -0.2) is 0 Å². The maximum atomic E-state index is 14.4. The number of hydrogen-bond donors (Lipinski definition) is 1. The van der Waals surface area contributed by atoms with Gasteiger partial charge in [0.05, 0.1) is 37.2 Å². The Hall–Kier alpha value is -2.97. The molecular formula is C31H42N2O6. The third-order valence-corrected chi connectivity index (χ3v) is 8.27. The van der Waals surface area contributed by atoms with Crippen molar-refractivity contribution in [3.8, 4) is 0 Å². The minimum Gasteiger partial charge on any atom is -0.465 e. The van der Waals surface area contributed by atoms with Crippen LogP contribution in [0.1, 0.15) is 51.5 Å². The zero-order valence-electron chi connectivity index (χ0n) is 23.2. The Morgan fingerprint density at radius 3 is 2.64 bits per heavy atom. The summed E-state index contributed by atoms with van der Waals surface area (Å²) in [5, 5.41) is 10.4. The number of carbonyl (C=O) groups is 3. The SMILES string of the molecule is C=CCCCOC(=O)[C@@H]1[C@@H]2CCC3(O2)C(C(=O)N(CC=C)Cc2ccccc2)N([C@@H](CO)CC(C)C)C(=O)[C@H]13. The van der Waals surface area contributed by atoms with Crippen molar-refractivity contribution >= 4 is 17.8 Å².